The van der Waals surface area contributed by atoms with Crippen molar-refractivity contribution in [3.8, 4) is 0 Å². The first-order valence-corrected chi connectivity index (χ1v) is 7.03. The van der Waals surface area contributed by atoms with Gasteiger partial charge in [-0.25, -0.2) is 9.59 Å². The van der Waals surface area contributed by atoms with Gasteiger partial charge < -0.3 is 21.1 Å². The highest BCUT2D eigenvalue weighted by Gasteiger charge is 2.28. The van der Waals surface area contributed by atoms with Crippen molar-refractivity contribution < 1.29 is 19.5 Å². The molecule has 1 aromatic rings. The van der Waals surface area contributed by atoms with Gasteiger partial charge in [0.15, 0.2) is 0 Å². The molecule has 8 heteroatoms. The number of carbonyl (C=O) groups excluding carboxylic acids is 2. The summed E-state index contributed by atoms with van der Waals surface area (Å²) in [5.74, 6) is -1.72. The largest absolute Gasteiger partial charge is 0.477 e. The van der Waals surface area contributed by atoms with E-state index in [1.54, 1.807) is 11.4 Å². The molecular formula is C12H15N3O4S. The number of primary amides is 1. The molecule has 1 saturated heterocycles. The topological polar surface area (TPSA) is 113 Å². The zero-order chi connectivity index (χ0) is 14.7. The lowest BCUT2D eigenvalue weighted by Crippen LogP contribution is -2.46. The number of rotatable bonds is 3. The summed E-state index contributed by atoms with van der Waals surface area (Å²) in [6.45, 7) is 0.825. The quantitative estimate of drug-likeness (QED) is 0.777. The van der Waals surface area contributed by atoms with Gasteiger partial charge in [0.25, 0.3) is 0 Å². The Balaban J connectivity index is 2.02. The van der Waals surface area contributed by atoms with Crippen LogP contribution in [0.5, 0.6) is 0 Å². The molecule has 1 aliphatic heterocycles. The molecule has 0 aromatic carbocycles. The van der Waals surface area contributed by atoms with Gasteiger partial charge in [-0.05, 0) is 24.3 Å². The number of anilines is 1. The smallest absolute Gasteiger partial charge is 0.348 e. The molecule has 7 nitrogen and oxygen atoms in total. The Labute approximate surface area is 119 Å². The van der Waals surface area contributed by atoms with Gasteiger partial charge in [-0.3, -0.25) is 4.79 Å². The Bertz CT molecular complexity index is 543. The predicted octanol–water partition coefficient (Wildman–Crippen LogP) is 1.18. The van der Waals surface area contributed by atoms with E-state index in [0.717, 1.165) is 11.3 Å². The van der Waals surface area contributed by atoms with Crippen molar-refractivity contribution in [1.29, 1.82) is 0 Å². The minimum Gasteiger partial charge on any atom is -0.477 e. The number of urea groups is 1. The maximum Gasteiger partial charge on any atom is 0.348 e. The first-order valence-electron chi connectivity index (χ1n) is 6.15. The molecule has 4 N–H and O–H groups in total. The average molecular weight is 297 g/mol. The zero-order valence-corrected chi connectivity index (χ0v) is 11.5. The Morgan fingerprint density at radius 3 is 2.85 bits per heavy atom. The second-order valence-electron chi connectivity index (χ2n) is 4.58. The van der Waals surface area contributed by atoms with Gasteiger partial charge in [-0.1, -0.05) is 0 Å². The Kier molecular flexibility index (Phi) is 4.23. The van der Waals surface area contributed by atoms with Gasteiger partial charge in [0.1, 0.15) is 4.88 Å². The van der Waals surface area contributed by atoms with E-state index in [1.807, 2.05) is 0 Å². The highest BCUT2D eigenvalue weighted by molar-refractivity contribution is 7.12. The minimum absolute atomic E-state index is 0.0981. The van der Waals surface area contributed by atoms with E-state index >= 15 is 0 Å². The number of nitrogens with one attached hydrogen (secondary N) is 1. The number of aromatic carboxylic acids is 1. The van der Waals surface area contributed by atoms with E-state index in [2.05, 4.69) is 5.32 Å². The monoisotopic (exact) mass is 297 g/mol. The van der Waals surface area contributed by atoms with Crippen molar-refractivity contribution in [2.45, 2.75) is 12.8 Å². The number of hydrogen-bond donors (Lipinski definition) is 3. The summed E-state index contributed by atoms with van der Waals surface area (Å²) in [6, 6.07) is 1.02. The summed E-state index contributed by atoms with van der Waals surface area (Å²) in [5.41, 5.74) is 5.50. The van der Waals surface area contributed by atoms with Crippen molar-refractivity contribution in [2.75, 3.05) is 18.4 Å². The fourth-order valence-corrected chi connectivity index (χ4v) is 2.89. The van der Waals surface area contributed by atoms with Crippen LogP contribution in [0.25, 0.3) is 0 Å². The Hall–Kier alpha value is -2.09. The number of thiophene rings is 1. The van der Waals surface area contributed by atoms with Crippen LogP contribution in [0.2, 0.25) is 0 Å². The van der Waals surface area contributed by atoms with Crippen molar-refractivity contribution in [3.05, 3.63) is 16.3 Å². The molecule has 3 amide bonds. The molecular weight excluding hydrogens is 282 g/mol. The summed E-state index contributed by atoms with van der Waals surface area (Å²) in [7, 11) is 0. The first-order chi connectivity index (χ1) is 9.49. The second kappa shape index (κ2) is 5.91. The lowest BCUT2D eigenvalue weighted by Gasteiger charge is -2.30. The number of likely N-dealkylation sites (tertiary alicyclic amines) is 1. The zero-order valence-electron chi connectivity index (χ0n) is 10.7. The van der Waals surface area contributed by atoms with Gasteiger partial charge >= 0.3 is 12.0 Å². The molecule has 2 heterocycles. The summed E-state index contributed by atoms with van der Waals surface area (Å²) in [6.07, 6.45) is 1.36. The first kappa shape index (κ1) is 14.3. The third kappa shape index (κ3) is 3.08. The van der Waals surface area contributed by atoms with Gasteiger partial charge in [0.05, 0.1) is 11.6 Å². The number of carbonyl (C=O) groups is 3. The molecule has 0 radical (unpaired) electrons. The number of nitrogens with zero attached hydrogens (tertiary/aromatic N) is 1. The fraction of sp³-hybridized carbons (Fsp3) is 0.417. The Morgan fingerprint density at radius 2 is 2.20 bits per heavy atom. The number of amides is 3. The standard InChI is InChI=1S/C12H15N3O4S/c13-12(19)15-4-1-2-7(6-15)10(16)14-8-3-5-20-9(8)11(17)18/h3,5,7H,1-2,4,6H2,(H2,13,19)(H,14,16)(H,17,18). The number of hydrogen-bond acceptors (Lipinski definition) is 4. The van der Waals surface area contributed by atoms with Crippen LogP contribution in [-0.4, -0.2) is 41.0 Å². The van der Waals surface area contributed by atoms with Crippen LogP contribution in [0, 0.1) is 5.92 Å². The van der Waals surface area contributed by atoms with Crippen LogP contribution in [0.1, 0.15) is 22.5 Å². The minimum atomic E-state index is -1.07. The maximum atomic E-state index is 12.1. The maximum absolute atomic E-state index is 12.1. The molecule has 1 atom stereocenters. The molecule has 1 fully saturated rings. The molecule has 108 valence electrons. The second-order valence-corrected chi connectivity index (χ2v) is 5.50. The summed E-state index contributed by atoms with van der Waals surface area (Å²) >= 11 is 1.05. The van der Waals surface area contributed by atoms with E-state index < -0.39 is 12.0 Å². The summed E-state index contributed by atoms with van der Waals surface area (Å²) in [4.78, 5) is 35.8. The predicted molar refractivity (Wildman–Crippen MR) is 73.8 cm³/mol. The molecule has 1 unspecified atom stereocenters. The van der Waals surface area contributed by atoms with Crippen LogP contribution in [0.4, 0.5) is 10.5 Å². The molecule has 0 bridgehead atoms. The van der Waals surface area contributed by atoms with Gasteiger partial charge in [0.2, 0.25) is 5.91 Å². The summed E-state index contributed by atoms with van der Waals surface area (Å²) < 4.78 is 0. The molecule has 0 saturated carbocycles. The Morgan fingerprint density at radius 1 is 1.45 bits per heavy atom. The highest BCUT2D eigenvalue weighted by Crippen LogP contribution is 2.24. The number of carboxylic acids is 1. The van der Waals surface area contributed by atoms with Gasteiger partial charge in [-0.15, -0.1) is 11.3 Å². The number of piperidine rings is 1. The normalized spacial score (nSPS) is 18.6. The lowest BCUT2D eigenvalue weighted by atomic mass is 9.97. The molecule has 0 aliphatic carbocycles. The van der Waals surface area contributed by atoms with E-state index in [9.17, 15) is 14.4 Å². The van der Waals surface area contributed by atoms with Crippen LogP contribution in [0.3, 0.4) is 0 Å². The van der Waals surface area contributed by atoms with Crippen molar-refractivity contribution in [1.82, 2.24) is 4.90 Å². The van der Waals surface area contributed by atoms with Crippen LogP contribution < -0.4 is 11.1 Å². The lowest BCUT2D eigenvalue weighted by molar-refractivity contribution is -0.121. The summed E-state index contributed by atoms with van der Waals surface area (Å²) in [5, 5.41) is 13.2. The van der Waals surface area contributed by atoms with Crippen molar-refractivity contribution >= 4 is 34.9 Å². The van der Waals surface area contributed by atoms with Gasteiger partial charge in [-0.2, -0.15) is 0 Å². The number of carboxylic acid groups (broad SMARTS) is 1. The molecule has 0 spiro atoms. The van der Waals surface area contributed by atoms with E-state index in [1.165, 1.54) is 4.90 Å². The van der Waals surface area contributed by atoms with Gasteiger partial charge in [0, 0.05) is 13.1 Å². The van der Waals surface area contributed by atoms with E-state index in [0.29, 0.717) is 25.1 Å². The fourth-order valence-electron chi connectivity index (χ4n) is 2.20. The molecule has 1 aromatic heterocycles. The van der Waals surface area contributed by atoms with E-state index in [4.69, 9.17) is 10.8 Å². The SMILES string of the molecule is NC(=O)N1CCCC(C(=O)Nc2ccsc2C(=O)O)C1. The van der Waals surface area contributed by atoms with Crippen molar-refractivity contribution in [2.24, 2.45) is 11.7 Å². The van der Waals surface area contributed by atoms with Crippen LogP contribution in [0.15, 0.2) is 11.4 Å². The molecule has 2 rings (SSSR count). The van der Waals surface area contributed by atoms with Crippen LogP contribution in [-0.2, 0) is 4.79 Å². The number of nitrogens with two attached hydrogens (primary N) is 1. The van der Waals surface area contributed by atoms with Crippen molar-refractivity contribution in [3.63, 3.8) is 0 Å². The molecule has 20 heavy (non-hydrogen) atoms. The average Bonchev–Trinajstić information content (AvgIpc) is 2.87. The van der Waals surface area contributed by atoms with E-state index in [-0.39, 0.29) is 23.2 Å². The third-order valence-corrected chi connectivity index (χ3v) is 4.12. The third-order valence-electron chi connectivity index (χ3n) is 3.22. The van der Waals surface area contributed by atoms with Crippen LogP contribution >= 0.6 is 11.3 Å². The molecule has 1 aliphatic rings. The highest BCUT2D eigenvalue weighted by atomic mass is 32.1.